The third-order valence-corrected chi connectivity index (χ3v) is 7.38. The first kappa shape index (κ1) is 29.4. The smallest absolute Gasteiger partial charge is 0.261 e. The predicted octanol–water partition coefficient (Wildman–Crippen LogP) is 0.293. The van der Waals surface area contributed by atoms with Crippen LogP contribution in [0.5, 0.6) is 0 Å². The minimum atomic E-state index is -1.17. The number of hydrogen-bond donors (Lipinski definition) is 4. The molecule has 2 aliphatic rings. The second kappa shape index (κ2) is 12.7. The molecule has 216 valence electrons. The first-order chi connectivity index (χ1) is 19.1. The average molecular weight is 553 g/mol. The molecule has 0 unspecified atom stereocenters. The van der Waals surface area contributed by atoms with Crippen LogP contribution < -0.4 is 22.3 Å². The van der Waals surface area contributed by atoms with Gasteiger partial charge < -0.3 is 31.7 Å². The lowest BCUT2D eigenvalue weighted by atomic mass is 9.90. The number of likely N-dealkylation sites (tertiary alicyclic amines) is 1. The molecule has 4 rings (SSSR count). The Balaban J connectivity index is 1.41. The van der Waals surface area contributed by atoms with Crippen molar-refractivity contribution in [3.05, 3.63) is 46.2 Å². The molecular weight excluding hydrogens is 512 g/mol. The van der Waals surface area contributed by atoms with Gasteiger partial charge in [0.2, 0.25) is 5.91 Å². The molecule has 12 heteroatoms. The Hall–Kier alpha value is -3.61. The van der Waals surface area contributed by atoms with Gasteiger partial charge in [0.1, 0.15) is 0 Å². The molecule has 1 aliphatic heterocycles. The highest BCUT2D eigenvalue weighted by Gasteiger charge is 2.36. The van der Waals surface area contributed by atoms with Gasteiger partial charge in [-0.15, -0.1) is 0 Å². The van der Waals surface area contributed by atoms with E-state index >= 15 is 0 Å². The van der Waals surface area contributed by atoms with Crippen molar-refractivity contribution in [3.63, 3.8) is 0 Å². The molecule has 0 atom stereocenters. The van der Waals surface area contributed by atoms with Crippen molar-refractivity contribution in [1.29, 1.82) is 0 Å². The number of aliphatic imine (C=N–C) groups is 1. The van der Waals surface area contributed by atoms with Crippen LogP contribution in [0.2, 0.25) is 0 Å². The molecule has 6 N–H and O–H groups in total. The molecule has 0 radical (unpaired) electrons. The zero-order valence-corrected chi connectivity index (χ0v) is 23.3. The average Bonchev–Trinajstić information content (AvgIpc) is 3.77. The van der Waals surface area contributed by atoms with Crippen LogP contribution in [0.3, 0.4) is 0 Å². The highest BCUT2D eigenvalue weighted by atomic mass is 16.3. The van der Waals surface area contributed by atoms with Crippen molar-refractivity contribution in [3.8, 4) is 0 Å². The van der Waals surface area contributed by atoms with Gasteiger partial charge in [-0.1, -0.05) is 0 Å². The number of aromatic nitrogens is 2. The zero-order chi connectivity index (χ0) is 28.9. The van der Waals surface area contributed by atoms with Gasteiger partial charge in [-0.3, -0.25) is 23.9 Å². The first-order valence-corrected chi connectivity index (χ1v) is 13.7. The number of nitrogens with two attached hydrogens (primary N) is 2. The van der Waals surface area contributed by atoms with Crippen molar-refractivity contribution in [2.75, 3.05) is 52.1 Å². The number of nitrogens with zero attached hydrogens (tertiary/aromatic N) is 5. The molecule has 1 aromatic carbocycles. The Kier molecular flexibility index (Phi) is 9.33. The van der Waals surface area contributed by atoms with Crippen LogP contribution >= 0.6 is 0 Å². The molecule has 1 aromatic heterocycles. The minimum absolute atomic E-state index is 0.0602. The number of carbonyl (C=O) groups excluding carboxylic acids is 2. The van der Waals surface area contributed by atoms with Gasteiger partial charge in [-0.25, -0.2) is 4.98 Å². The molecule has 1 saturated carbocycles. The van der Waals surface area contributed by atoms with E-state index in [1.165, 1.54) is 17.1 Å². The number of anilines is 1. The molecule has 0 bridgehead atoms. The number of allylic oxidation sites excluding steroid dienone is 1. The van der Waals surface area contributed by atoms with Crippen molar-refractivity contribution >= 4 is 34.6 Å². The molecular formula is C28H40N8O4. The predicted molar refractivity (Wildman–Crippen MR) is 155 cm³/mol. The van der Waals surface area contributed by atoms with Gasteiger partial charge in [0.15, 0.2) is 0 Å². The maximum Gasteiger partial charge on any atom is 0.261 e. The van der Waals surface area contributed by atoms with Gasteiger partial charge in [-0.2, -0.15) is 0 Å². The van der Waals surface area contributed by atoms with Gasteiger partial charge >= 0.3 is 0 Å². The Morgan fingerprint density at radius 1 is 1.27 bits per heavy atom. The monoisotopic (exact) mass is 552 g/mol. The lowest BCUT2D eigenvalue weighted by molar-refractivity contribution is -0.131. The van der Waals surface area contributed by atoms with E-state index in [1.807, 2.05) is 19.0 Å². The molecule has 1 saturated heterocycles. The van der Waals surface area contributed by atoms with E-state index in [1.54, 1.807) is 23.1 Å². The van der Waals surface area contributed by atoms with Crippen LogP contribution in [0.1, 0.15) is 32.1 Å². The number of amides is 2. The van der Waals surface area contributed by atoms with Crippen LogP contribution in [-0.4, -0.2) is 94.9 Å². The quantitative estimate of drug-likeness (QED) is 0.227. The van der Waals surface area contributed by atoms with E-state index in [4.69, 9.17) is 11.5 Å². The Bertz CT molecular complexity index is 1350. The van der Waals surface area contributed by atoms with Crippen molar-refractivity contribution in [2.24, 2.45) is 22.4 Å². The fraction of sp³-hybridized carbons (Fsp3) is 0.536. The summed E-state index contributed by atoms with van der Waals surface area (Å²) in [6, 6.07) is 4.98. The summed E-state index contributed by atoms with van der Waals surface area (Å²) in [7, 11) is 3.80. The SMILES string of the molecule is CN(C)CCC(=O)Nc1ccc2c(=O)n(CC3(O)CCN(C(=O)/C(C=NCCN)=C(/N)C4CC4)CC3)cnc2c1. The Labute approximate surface area is 233 Å². The second-order valence-electron chi connectivity index (χ2n) is 11.0. The lowest BCUT2D eigenvalue weighted by Crippen LogP contribution is -2.50. The molecule has 2 fully saturated rings. The standard InChI is InChI=1S/C28H40N8O4/c1-34(2)12-7-24(37)33-20-5-6-21-23(15-20)32-18-36(26(21)38)17-28(40)8-13-35(14-9-28)27(39)22(16-31-11-10-29)25(30)19-3-4-19/h5-6,15-16,18-19,40H,3-4,7-14,17,29-30H2,1-2H3,(H,33,37)/b25-22+,31-16?. The van der Waals surface area contributed by atoms with Crippen LogP contribution in [-0.2, 0) is 16.1 Å². The number of benzene rings is 1. The largest absolute Gasteiger partial charge is 0.401 e. The number of hydrogen-bond acceptors (Lipinski definition) is 9. The molecule has 12 nitrogen and oxygen atoms in total. The summed E-state index contributed by atoms with van der Waals surface area (Å²) in [5.41, 5.74) is 12.4. The van der Waals surface area contributed by atoms with E-state index in [0.29, 0.717) is 79.8 Å². The third-order valence-electron chi connectivity index (χ3n) is 7.38. The first-order valence-electron chi connectivity index (χ1n) is 13.7. The van der Waals surface area contributed by atoms with Crippen LogP contribution in [0.15, 0.2) is 45.6 Å². The molecule has 40 heavy (non-hydrogen) atoms. The number of carbonyl (C=O) groups is 2. The lowest BCUT2D eigenvalue weighted by Gasteiger charge is -2.38. The Morgan fingerprint density at radius 2 is 2.00 bits per heavy atom. The molecule has 2 amide bonds. The number of rotatable bonds is 11. The number of aliphatic hydroxyl groups is 1. The maximum absolute atomic E-state index is 13.3. The van der Waals surface area contributed by atoms with E-state index in [0.717, 1.165) is 12.8 Å². The summed E-state index contributed by atoms with van der Waals surface area (Å²) in [5, 5.41) is 14.6. The number of piperidine rings is 1. The van der Waals surface area contributed by atoms with Gasteiger partial charge in [-0.05, 0) is 63.9 Å². The fourth-order valence-electron chi connectivity index (χ4n) is 4.77. The topological polar surface area (TPSA) is 172 Å². The molecule has 2 heterocycles. The van der Waals surface area contributed by atoms with Crippen LogP contribution in [0, 0.1) is 5.92 Å². The van der Waals surface area contributed by atoms with Crippen LogP contribution in [0.4, 0.5) is 5.69 Å². The third kappa shape index (κ3) is 7.32. The van der Waals surface area contributed by atoms with Gasteiger partial charge in [0.05, 0.1) is 41.5 Å². The van der Waals surface area contributed by atoms with E-state index in [2.05, 4.69) is 15.3 Å². The molecule has 2 aromatic rings. The second-order valence-corrected chi connectivity index (χ2v) is 11.0. The molecule has 0 spiro atoms. The summed E-state index contributed by atoms with van der Waals surface area (Å²) in [6.07, 6.45) is 5.85. The van der Waals surface area contributed by atoms with Gasteiger partial charge in [0.25, 0.3) is 11.5 Å². The van der Waals surface area contributed by atoms with Crippen molar-refractivity contribution in [1.82, 2.24) is 19.4 Å². The maximum atomic E-state index is 13.3. The van der Waals surface area contributed by atoms with Crippen molar-refractivity contribution < 1.29 is 14.7 Å². The normalized spacial score (nSPS) is 17.9. The fourth-order valence-corrected chi connectivity index (χ4v) is 4.77. The molecule has 1 aliphatic carbocycles. The number of nitrogens with one attached hydrogen (secondary N) is 1. The van der Waals surface area contributed by atoms with Crippen molar-refractivity contribution in [2.45, 2.75) is 44.2 Å². The van der Waals surface area contributed by atoms with Crippen LogP contribution in [0.25, 0.3) is 10.9 Å². The highest BCUT2D eigenvalue weighted by molar-refractivity contribution is 6.12. The van der Waals surface area contributed by atoms with E-state index in [-0.39, 0.29) is 29.8 Å². The summed E-state index contributed by atoms with van der Waals surface area (Å²) in [5.74, 6) is -0.0943. The Morgan fingerprint density at radius 3 is 2.65 bits per heavy atom. The van der Waals surface area contributed by atoms with E-state index < -0.39 is 5.60 Å². The van der Waals surface area contributed by atoms with Gasteiger partial charge in [0, 0.05) is 50.2 Å². The number of fused-ring (bicyclic) bond motifs is 1. The minimum Gasteiger partial charge on any atom is -0.401 e. The summed E-state index contributed by atoms with van der Waals surface area (Å²) in [6.45, 7) is 2.14. The van der Waals surface area contributed by atoms with E-state index in [9.17, 15) is 19.5 Å². The summed E-state index contributed by atoms with van der Waals surface area (Å²) < 4.78 is 1.41. The summed E-state index contributed by atoms with van der Waals surface area (Å²) >= 11 is 0. The zero-order valence-electron chi connectivity index (χ0n) is 23.3. The highest BCUT2D eigenvalue weighted by Crippen LogP contribution is 2.35. The summed E-state index contributed by atoms with van der Waals surface area (Å²) in [4.78, 5) is 50.9.